The van der Waals surface area contributed by atoms with E-state index in [1.807, 2.05) is 36.4 Å². The normalized spacial score (nSPS) is 10.5. The maximum absolute atomic E-state index is 6.17. The first kappa shape index (κ1) is 14.9. The van der Waals surface area contributed by atoms with Gasteiger partial charge in [-0.2, -0.15) is 5.10 Å². The van der Waals surface area contributed by atoms with Gasteiger partial charge in [0.05, 0.1) is 11.2 Å². The number of hydrogen-bond acceptors (Lipinski definition) is 3. The Morgan fingerprint density at radius 1 is 1.14 bits per heavy atom. The highest BCUT2D eigenvalue weighted by Gasteiger charge is 2.02. The zero-order valence-corrected chi connectivity index (χ0v) is 12.0. The third kappa shape index (κ3) is 4.81. The average molecular weight is 303 g/mol. The first-order chi connectivity index (χ1) is 10.1. The Balaban J connectivity index is 2.02. The maximum Gasteiger partial charge on any atom is 0.211 e. The lowest BCUT2D eigenvalue weighted by Gasteiger charge is -2.08. The molecular weight excluding hydrogens is 288 g/mol. The van der Waals surface area contributed by atoms with E-state index < -0.39 is 0 Å². The summed E-state index contributed by atoms with van der Waals surface area (Å²) in [7, 11) is 0. The number of ether oxygens (including phenoxy) is 1. The highest BCUT2D eigenvalue weighted by molar-refractivity contribution is 6.32. The van der Waals surface area contributed by atoms with Crippen LogP contribution < -0.4 is 16.2 Å². The Labute approximate surface area is 127 Å². The van der Waals surface area contributed by atoms with Crippen LogP contribution in [0.3, 0.4) is 0 Å². The van der Waals surface area contributed by atoms with Crippen LogP contribution in [0.4, 0.5) is 0 Å². The molecule has 0 aliphatic rings. The van der Waals surface area contributed by atoms with Crippen molar-refractivity contribution in [3.8, 4) is 5.75 Å². The molecule has 6 heteroatoms. The fourth-order valence-corrected chi connectivity index (χ4v) is 1.86. The van der Waals surface area contributed by atoms with Crippen molar-refractivity contribution in [2.45, 2.75) is 6.61 Å². The monoisotopic (exact) mass is 302 g/mol. The average Bonchev–Trinajstić information content (AvgIpc) is 2.47. The number of halogens is 1. The van der Waals surface area contributed by atoms with E-state index in [0.717, 1.165) is 11.1 Å². The van der Waals surface area contributed by atoms with Gasteiger partial charge in [0.2, 0.25) is 5.96 Å². The first-order valence-corrected chi connectivity index (χ1v) is 6.61. The molecule has 0 aromatic heterocycles. The molecular formula is C15H15ClN4O. The Hall–Kier alpha value is -2.53. The number of hydrogen-bond donors (Lipinski definition) is 2. The number of rotatable bonds is 5. The summed E-state index contributed by atoms with van der Waals surface area (Å²) in [5.74, 6) is 0.514. The quantitative estimate of drug-likeness (QED) is 0.505. The fraction of sp³-hybridized carbons (Fsp3) is 0.0667. The van der Waals surface area contributed by atoms with Gasteiger partial charge in [0.15, 0.2) is 0 Å². The standard InChI is InChI=1S/C15H15ClN4O/c16-13-8-12(9-19-20-15(17)18)6-7-14(13)21-10-11-4-2-1-3-5-11/h1-9H,10H2,(H4,17,18,20). The molecule has 0 heterocycles. The van der Waals surface area contributed by atoms with Crippen molar-refractivity contribution in [1.29, 1.82) is 0 Å². The van der Waals surface area contributed by atoms with E-state index in [2.05, 4.69) is 10.2 Å². The van der Waals surface area contributed by atoms with Crippen LogP contribution in [0, 0.1) is 0 Å². The van der Waals surface area contributed by atoms with E-state index in [1.165, 1.54) is 6.21 Å². The lowest BCUT2D eigenvalue weighted by atomic mass is 10.2. The Bertz CT molecular complexity index is 652. The van der Waals surface area contributed by atoms with Gasteiger partial charge < -0.3 is 16.2 Å². The third-order valence-electron chi connectivity index (χ3n) is 2.57. The highest BCUT2D eigenvalue weighted by atomic mass is 35.5. The molecule has 4 N–H and O–H groups in total. The lowest BCUT2D eigenvalue weighted by molar-refractivity contribution is 0.306. The van der Waals surface area contributed by atoms with E-state index in [0.29, 0.717) is 17.4 Å². The van der Waals surface area contributed by atoms with Gasteiger partial charge in [-0.05, 0) is 29.3 Å². The van der Waals surface area contributed by atoms with Crippen LogP contribution in [0.25, 0.3) is 0 Å². The highest BCUT2D eigenvalue weighted by Crippen LogP contribution is 2.25. The van der Waals surface area contributed by atoms with Crippen molar-refractivity contribution in [2.24, 2.45) is 21.7 Å². The first-order valence-electron chi connectivity index (χ1n) is 6.23. The largest absolute Gasteiger partial charge is 0.487 e. The predicted octanol–water partition coefficient (Wildman–Crippen LogP) is 2.53. The summed E-state index contributed by atoms with van der Waals surface area (Å²) in [6, 6.07) is 15.2. The SMILES string of the molecule is NC(N)=NN=Cc1ccc(OCc2ccccc2)c(Cl)c1. The maximum atomic E-state index is 6.17. The van der Waals surface area contributed by atoms with Crippen LogP contribution in [-0.2, 0) is 6.61 Å². The molecule has 2 aromatic rings. The molecule has 5 nitrogen and oxygen atoms in total. The smallest absolute Gasteiger partial charge is 0.211 e. The summed E-state index contributed by atoms with van der Waals surface area (Å²) >= 11 is 6.17. The molecule has 21 heavy (non-hydrogen) atoms. The molecule has 0 aliphatic carbocycles. The van der Waals surface area contributed by atoms with Crippen LogP contribution >= 0.6 is 11.6 Å². The Morgan fingerprint density at radius 2 is 1.90 bits per heavy atom. The van der Waals surface area contributed by atoms with Gasteiger partial charge in [-0.3, -0.25) is 0 Å². The lowest BCUT2D eigenvalue weighted by Crippen LogP contribution is -2.21. The van der Waals surface area contributed by atoms with Crippen LogP contribution in [0.1, 0.15) is 11.1 Å². The van der Waals surface area contributed by atoms with Crippen LogP contribution in [0.15, 0.2) is 58.7 Å². The molecule has 0 fully saturated rings. The molecule has 0 unspecified atom stereocenters. The van der Waals surface area contributed by atoms with Crippen molar-refractivity contribution in [2.75, 3.05) is 0 Å². The van der Waals surface area contributed by atoms with Crippen molar-refractivity contribution >= 4 is 23.8 Å². The van der Waals surface area contributed by atoms with Crippen molar-refractivity contribution in [1.82, 2.24) is 0 Å². The molecule has 2 aromatic carbocycles. The third-order valence-corrected chi connectivity index (χ3v) is 2.87. The minimum absolute atomic E-state index is 0.0971. The minimum Gasteiger partial charge on any atom is -0.487 e. The molecule has 0 saturated heterocycles. The number of nitrogens with zero attached hydrogens (tertiary/aromatic N) is 2. The van der Waals surface area contributed by atoms with Gasteiger partial charge in [0.25, 0.3) is 0 Å². The summed E-state index contributed by atoms with van der Waals surface area (Å²) < 4.78 is 5.68. The van der Waals surface area contributed by atoms with Crippen molar-refractivity contribution in [3.63, 3.8) is 0 Å². The van der Waals surface area contributed by atoms with E-state index in [9.17, 15) is 0 Å². The Kier molecular flexibility index (Phi) is 5.17. The molecule has 0 spiro atoms. The van der Waals surface area contributed by atoms with Gasteiger partial charge in [0.1, 0.15) is 12.4 Å². The van der Waals surface area contributed by atoms with Crippen molar-refractivity contribution in [3.05, 3.63) is 64.7 Å². The van der Waals surface area contributed by atoms with Gasteiger partial charge >= 0.3 is 0 Å². The second-order valence-corrected chi connectivity index (χ2v) is 4.64. The molecule has 0 amide bonds. The molecule has 0 bridgehead atoms. The number of guanidine groups is 1. The predicted molar refractivity (Wildman–Crippen MR) is 85.6 cm³/mol. The molecule has 2 rings (SSSR count). The van der Waals surface area contributed by atoms with E-state index in [1.54, 1.807) is 12.1 Å². The van der Waals surface area contributed by atoms with Crippen LogP contribution in [0.2, 0.25) is 5.02 Å². The molecule has 0 radical (unpaired) electrons. The summed E-state index contributed by atoms with van der Waals surface area (Å²) in [5, 5.41) is 7.73. The zero-order valence-electron chi connectivity index (χ0n) is 11.2. The minimum atomic E-state index is -0.0971. The summed E-state index contributed by atoms with van der Waals surface area (Å²) in [6.07, 6.45) is 1.51. The van der Waals surface area contributed by atoms with Crippen LogP contribution in [-0.4, -0.2) is 12.2 Å². The topological polar surface area (TPSA) is 86.0 Å². The van der Waals surface area contributed by atoms with Crippen LogP contribution in [0.5, 0.6) is 5.75 Å². The summed E-state index contributed by atoms with van der Waals surface area (Å²) in [5.41, 5.74) is 12.2. The Morgan fingerprint density at radius 3 is 2.57 bits per heavy atom. The summed E-state index contributed by atoms with van der Waals surface area (Å²) in [6.45, 7) is 0.460. The summed E-state index contributed by atoms with van der Waals surface area (Å²) in [4.78, 5) is 0. The molecule has 0 saturated carbocycles. The van der Waals surface area contributed by atoms with E-state index in [4.69, 9.17) is 27.8 Å². The molecule has 108 valence electrons. The molecule has 0 atom stereocenters. The second-order valence-electron chi connectivity index (χ2n) is 4.23. The van der Waals surface area contributed by atoms with Crippen molar-refractivity contribution < 1.29 is 4.74 Å². The fourth-order valence-electron chi connectivity index (χ4n) is 1.61. The van der Waals surface area contributed by atoms with Gasteiger partial charge in [0, 0.05) is 0 Å². The van der Waals surface area contributed by atoms with Gasteiger partial charge in [-0.25, -0.2) is 0 Å². The number of benzene rings is 2. The second kappa shape index (κ2) is 7.31. The van der Waals surface area contributed by atoms with Gasteiger partial charge in [-0.15, -0.1) is 5.10 Å². The zero-order chi connectivity index (χ0) is 15.1. The number of nitrogens with two attached hydrogens (primary N) is 2. The molecule has 0 aliphatic heterocycles. The van der Waals surface area contributed by atoms with Gasteiger partial charge in [-0.1, -0.05) is 41.9 Å². The van der Waals surface area contributed by atoms with E-state index >= 15 is 0 Å². The van der Waals surface area contributed by atoms with E-state index in [-0.39, 0.29) is 5.96 Å².